The molecule has 1 fully saturated rings. The lowest BCUT2D eigenvalue weighted by atomic mass is 10.1. The summed E-state index contributed by atoms with van der Waals surface area (Å²) in [6.45, 7) is 3.80. The van der Waals surface area contributed by atoms with Crippen LogP contribution in [0.1, 0.15) is 31.9 Å². The van der Waals surface area contributed by atoms with Gasteiger partial charge < -0.3 is 10.6 Å². The summed E-state index contributed by atoms with van der Waals surface area (Å²) in [5.41, 5.74) is 0.782. The molecule has 0 aliphatic carbocycles. The van der Waals surface area contributed by atoms with E-state index in [0.717, 1.165) is 12.8 Å². The highest BCUT2D eigenvalue weighted by atomic mass is 32.2. The predicted molar refractivity (Wildman–Crippen MR) is 123 cm³/mol. The van der Waals surface area contributed by atoms with Crippen LogP contribution in [0.5, 0.6) is 0 Å². The van der Waals surface area contributed by atoms with Gasteiger partial charge in [-0.15, -0.1) is 11.8 Å². The van der Waals surface area contributed by atoms with Gasteiger partial charge in [0.05, 0.1) is 10.6 Å². The van der Waals surface area contributed by atoms with E-state index in [2.05, 4.69) is 37.6 Å². The molecule has 2 aromatic rings. The Hall–Kier alpha value is -2.70. The third kappa shape index (κ3) is 6.90. The van der Waals surface area contributed by atoms with Crippen LogP contribution in [0.4, 0.5) is 11.6 Å². The summed E-state index contributed by atoms with van der Waals surface area (Å²) in [4.78, 5) is 32.0. The van der Waals surface area contributed by atoms with Crippen LogP contribution in [0.2, 0.25) is 0 Å². The summed E-state index contributed by atoms with van der Waals surface area (Å²) < 4.78 is 27.3. The van der Waals surface area contributed by atoms with E-state index >= 15 is 0 Å². The first-order chi connectivity index (χ1) is 15.2. The van der Waals surface area contributed by atoms with Crippen LogP contribution in [-0.4, -0.2) is 47.5 Å². The zero-order valence-electron chi connectivity index (χ0n) is 17.8. The van der Waals surface area contributed by atoms with Crippen LogP contribution in [0.25, 0.3) is 0 Å². The number of amides is 2. The molecular weight excluding hydrogens is 452 g/mol. The molecule has 1 aliphatic heterocycles. The summed E-state index contributed by atoms with van der Waals surface area (Å²) in [6.07, 6.45) is 3.78. The molecule has 0 saturated carbocycles. The summed E-state index contributed by atoms with van der Waals surface area (Å²) in [7, 11) is -3.86. The first-order valence-electron chi connectivity index (χ1n) is 10.1. The van der Waals surface area contributed by atoms with Crippen LogP contribution >= 0.6 is 11.8 Å². The van der Waals surface area contributed by atoms with E-state index in [1.54, 1.807) is 13.0 Å². The average molecular weight is 479 g/mol. The largest absolute Gasteiger partial charge is 0.332 e. The minimum absolute atomic E-state index is 0.0102. The van der Waals surface area contributed by atoms with Crippen LogP contribution in [0.15, 0.2) is 41.4 Å². The molecular formula is C20H26N6O4S2. The Morgan fingerprint density at radius 1 is 1.25 bits per heavy atom. The van der Waals surface area contributed by atoms with E-state index in [-0.39, 0.29) is 40.0 Å². The van der Waals surface area contributed by atoms with E-state index in [4.69, 9.17) is 0 Å². The van der Waals surface area contributed by atoms with Crippen molar-refractivity contribution in [2.45, 2.75) is 49.5 Å². The van der Waals surface area contributed by atoms with Crippen LogP contribution in [-0.2, 0) is 19.6 Å². The Kier molecular flexibility index (Phi) is 8.04. The second-order valence-electron chi connectivity index (χ2n) is 7.31. The number of sulfonamides is 1. The van der Waals surface area contributed by atoms with E-state index in [0.29, 0.717) is 17.8 Å². The van der Waals surface area contributed by atoms with Crippen molar-refractivity contribution in [1.29, 1.82) is 0 Å². The smallest absolute Gasteiger partial charge is 0.264 e. The topological polar surface area (TPSA) is 142 Å². The minimum Gasteiger partial charge on any atom is -0.332 e. The van der Waals surface area contributed by atoms with Gasteiger partial charge in [0.25, 0.3) is 10.0 Å². The fraction of sp³-hybridized carbons (Fsp3) is 0.400. The number of carbonyl (C=O) groups excluding carboxylic acids is 2. The molecule has 0 bridgehead atoms. The van der Waals surface area contributed by atoms with Crippen molar-refractivity contribution >= 4 is 45.2 Å². The van der Waals surface area contributed by atoms with Gasteiger partial charge in [-0.2, -0.15) is 0 Å². The van der Waals surface area contributed by atoms with Crippen molar-refractivity contribution in [3.8, 4) is 0 Å². The van der Waals surface area contributed by atoms with Gasteiger partial charge >= 0.3 is 0 Å². The highest BCUT2D eigenvalue weighted by Crippen LogP contribution is 2.18. The predicted octanol–water partition coefficient (Wildman–Crippen LogP) is 1.82. The number of hydrogen-bond donors (Lipinski definition) is 4. The molecule has 12 heteroatoms. The van der Waals surface area contributed by atoms with Crippen molar-refractivity contribution < 1.29 is 18.0 Å². The summed E-state index contributed by atoms with van der Waals surface area (Å²) in [5, 5.41) is 8.86. The van der Waals surface area contributed by atoms with Gasteiger partial charge in [-0.25, -0.2) is 23.1 Å². The van der Waals surface area contributed by atoms with Gasteiger partial charge in [-0.1, -0.05) is 13.3 Å². The number of nitrogens with one attached hydrogen (secondary N) is 4. The van der Waals surface area contributed by atoms with Crippen LogP contribution in [0.3, 0.4) is 0 Å². The molecule has 3 rings (SSSR count). The Balaban J connectivity index is 1.52. The molecule has 4 N–H and O–H groups in total. The SMILES string of the molecule is CCCC1CC(=O)NC(SCC(=O)Nc2ccc(S(=O)(=O)Nc3nccc(C)n3)cc2)N1. The third-order valence-electron chi connectivity index (χ3n) is 4.60. The van der Waals surface area contributed by atoms with Gasteiger partial charge in [0.2, 0.25) is 17.8 Å². The first kappa shape index (κ1) is 24.0. The molecule has 0 radical (unpaired) electrons. The normalized spacial score (nSPS) is 18.6. The molecule has 1 aliphatic rings. The van der Waals surface area contributed by atoms with Crippen LogP contribution in [0, 0.1) is 6.92 Å². The molecule has 2 amide bonds. The van der Waals surface area contributed by atoms with Crippen molar-refractivity contribution in [1.82, 2.24) is 20.6 Å². The molecule has 1 aromatic carbocycles. The second kappa shape index (κ2) is 10.7. The molecule has 2 atom stereocenters. The molecule has 2 unspecified atom stereocenters. The molecule has 1 aromatic heterocycles. The molecule has 1 saturated heterocycles. The molecule has 2 heterocycles. The molecule has 10 nitrogen and oxygen atoms in total. The number of hydrogen-bond acceptors (Lipinski definition) is 8. The standard InChI is InChI=1S/C20H26N6O4S2/c1-3-4-15-11-17(27)25-20(24-15)31-12-18(28)23-14-5-7-16(8-6-14)32(29,30)26-19-21-10-9-13(2)22-19/h5-10,15,20,24H,3-4,11-12H2,1-2H3,(H,23,28)(H,25,27)(H,21,22,26). The van der Waals surface area contributed by atoms with Crippen LogP contribution < -0.4 is 20.7 Å². The number of anilines is 2. The number of nitrogens with zero attached hydrogens (tertiary/aromatic N) is 2. The van der Waals surface area contributed by atoms with Gasteiger partial charge in [0.1, 0.15) is 5.50 Å². The van der Waals surface area contributed by atoms with Gasteiger partial charge in [-0.3, -0.25) is 14.9 Å². The number of thioether (sulfide) groups is 1. The maximum atomic E-state index is 12.5. The quantitative estimate of drug-likeness (QED) is 0.428. The first-order valence-corrected chi connectivity index (χ1v) is 12.7. The van der Waals surface area contributed by atoms with Crippen molar-refractivity contribution in [3.05, 3.63) is 42.2 Å². The zero-order chi connectivity index (χ0) is 23.1. The van der Waals surface area contributed by atoms with Crippen molar-refractivity contribution in [2.75, 3.05) is 15.8 Å². The van der Waals surface area contributed by atoms with E-state index in [1.807, 2.05) is 0 Å². The molecule has 32 heavy (non-hydrogen) atoms. The van der Waals surface area contributed by atoms with Gasteiger partial charge in [-0.05, 0) is 43.7 Å². The van der Waals surface area contributed by atoms with E-state index < -0.39 is 10.0 Å². The Bertz CT molecular complexity index is 1060. The number of aromatic nitrogens is 2. The fourth-order valence-electron chi connectivity index (χ4n) is 3.12. The second-order valence-corrected chi connectivity index (χ2v) is 10.1. The number of aryl methyl sites for hydroxylation is 1. The maximum absolute atomic E-state index is 12.5. The fourth-order valence-corrected chi connectivity index (χ4v) is 4.96. The summed E-state index contributed by atoms with van der Waals surface area (Å²) >= 11 is 1.29. The van der Waals surface area contributed by atoms with E-state index in [1.165, 1.54) is 42.2 Å². The number of carbonyl (C=O) groups is 2. The number of rotatable bonds is 9. The highest BCUT2D eigenvalue weighted by Gasteiger charge is 2.25. The van der Waals surface area contributed by atoms with Crippen molar-refractivity contribution in [3.63, 3.8) is 0 Å². The Morgan fingerprint density at radius 3 is 2.69 bits per heavy atom. The average Bonchev–Trinajstić information content (AvgIpc) is 2.72. The minimum atomic E-state index is -3.86. The monoisotopic (exact) mass is 478 g/mol. The molecule has 0 spiro atoms. The Morgan fingerprint density at radius 2 is 2.00 bits per heavy atom. The lowest BCUT2D eigenvalue weighted by Crippen LogP contribution is -2.54. The lowest BCUT2D eigenvalue weighted by molar-refractivity contribution is -0.123. The van der Waals surface area contributed by atoms with Gasteiger partial charge in [0, 0.05) is 30.0 Å². The highest BCUT2D eigenvalue weighted by molar-refractivity contribution is 8.00. The van der Waals surface area contributed by atoms with E-state index in [9.17, 15) is 18.0 Å². The Labute approximate surface area is 191 Å². The number of benzene rings is 1. The van der Waals surface area contributed by atoms with Crippen molar-refractivity contribution in [2.24, 2.45) is 0 Å². The third-order valence-corrected chi connectivity index (χ3v) is 6.96. The summed E-state index contributed by atoms with van der Waals surface area (Å²) in [6, 6.07) is 7.56. The maximum Gasteiger partial charge on any atom is 0.264 e. The summed E-state index contributed by atoms with van der Waals surface area (Å²) in [5.74, 6) is -0.167. The lowest BCUT2D eigenvalue weighted by Gasteiger charge is -2.30. The molecule has 172 valence electrons. The zero-order valence-corrected chi connectivity index (χ0v) is 19.4. The van der Waals surface area contributed by atoms with Gasteiger partial charge in [0.15, 0.2) is 0 Å².